The second-order valence-electron chi connectivity index (χ2n) is 4.95. The van der Waals surface area contributed by atoms with Gasteiger partial charge in [0.15, 0.2) is 0 Å². The Labute approximate surface area is 130 Å². The summed E-state index contributed by atoms with van der Waals surface area (Å²) >= 11 is 9.80. The third kappa shape index (κ3) is 2.45. The van der Waals surface area contributed by atoms with Crippen molar-refractivity contribution < 1.29 is 9.13 Å². The molecule has 1 atom stereocenters. The van der Waals surface area contributed by atoms with Gasteiger partial charge in [0, 0.05) is 17.0 Å². The van der Waals surface area contributed by atoms with Crippen LogP contribution in [0.3, 0.4) is 0 Å². The smallest absolute Gasteiger partial charge is 0.127 e. The lowest BCUT2D eigenvalue weighted by Gasteiger charge is -2.15. The molecule has 1 heterocycles. The zero-order valence-corrected chi connectivity index (χ0v) is 13.3. The van der Waals surface area contributed by atoms with E-state index in [1.807, 2.05) is 18.2 Å². The topological polar surface area (TPSA) is 9.23 Å². The third-order valence-corrected chi connectivity index (χ3v) is 4.78. The van der Waals surface area contributed by atoms with Gasteiger partial charge >= 0.3 is 0 Å². The minimum atomic E-state index is -0.202. The number of hydrogen-bond acceptors (Lipinski definition) is 1. The molecule has 0 radical (unpaired) electrons. The number of ether oxygens (including phenoxy) is 1. The molecular formula is C16H13BrClFO. The van der Waals surface area contributed by atoms with Gasteiger partial charge in [-0.15, -0.1) is 0 Å². The van der Waals surface area contributed by atoms with Gasteiger partial charge in [-0.05, 0) is 41.8 Å². The minimum absolute atomic E-state index is 0.136. The molecule has 0 saturated heterocycles. The molecule has 0 aliphatic carbocycles. The van der Waals surface area contributed by atoms with E-state index in [2.05, 4.69) is 15.9 Å². The summed E-state index contributed by atoms with van der Waals surface area (Å²) in [6.45, 7) is 2.42. The zero-order chi connectivity index (χ0) is 14.3. The highest BCUT2D eigenvalue weighted by molar-refractivity contribution is 9.09. The lowest BCUT2D eigenvalue weighted by Crippen LogP contribution is -1.98. The Bertz CT molecular complexity index is 672. The number of rotatable bonds is 2. The summed E-state index contributed by atoms with van der Waals surface area (Å²) in [5.41, 5.74) is 3.56. The van der Waals surface area contributed by atoms with Gasteiger partial charge in [0.2, 0.25) is 0 Å². The maximum Gasteiger partial charge on any atom is 0.127 e. The maximum absolute atomic E-state index is 13.7. The van der Waals surface area contributed by atoms with Crippen LogP contribution < -0.4 is 4.74 Å². The van der Waals surface area contributed by atoms with Crippen molar-refractivity contribution in [2.75, 3.05) is 6.61 Å². The van der Waals surface area contributed by atoms with Crippen molar-refractivity contribution in [2.45, 2.75) is 18.2 Å². The van der Waals surface area contributed by atoms with Gasteiger partial charge in [-0.25, -0.2) is 4.39 Å². The predicted molar refractivity (Wildman–Crippen MR) is 82.6 cm³/mol. The first-order valence-corrected chi connectivity index (χ1v) is 7.71. The Kier molecular flexibility index (Phi) is 3.74. The summed E-state index contributed by atoms with van der Waals surface area (Å²) in [5.74, 6) is 0.670. The molecule has 0 amide bonds. The quantitative estimate of drug-likeness (QED) is 0.672. The molecule has 0 spiro atoms. The summed E-state index contributed by atoms with van der Waals surface area (Å²) in [6, 6.07) is 9.06. The lowest BCUT2D eigenvalue weighted by molar-refractivity contribution is 0.354. The van der Waals surface area contributed by atoms with Crippen molar-refractivity contribution in [1.82, 2.24) is 0 Å². The minimum Gasteiger partial charge on any atom is -0.493 e. The Morgan fingerprint density at radius 2 is 2.10 bits per heavy atom. The van der Waals surface area contributed by atoms with Gasteiger partial charge in [0.1, 0.15) is 11.6 Å². The van der Waals surface area contributed by atoms with Crippen LogP contribution in [0.2, 0.25) is 5.02 Å². The van der Waals surface area contributed by atoms with Crippen LogP contribution in [0.4, 0.5) is 4.39 Å². The highest BCUT2D eigenvalue weighted by Crippen LogP contribution is 2.42. The number of aryl methyl sites for hydroxylation is 1. The molecule has 2 aromatic rings. The van der Waals surface area contributed by atoms with Crippen LogP contribution in [0.1, 0.15) is 27.1 Å². The Morgan fingerprint density at radius 3 is 2.85 bits per heavy atom. The molecule has 20 heavy (non-hydrogen) atoms. The second kappa shape index (κ2) is 5.38. The van der Waals surface area contributed by atoms with Crippen LogP contribution in [0, 0.1) is 12.7 Å². The predicted octanol–water partition coefficient (Wildman–Crippen LogP) is 5.21. The van der Waals surface area contributed by atoms with E-state index in [4.69, 9.17) is 16.3 Å². The van der Waals surface area contributed by atoms with Crippen LogP contribution in [-0.2, 0) is 6.42 Å². The zero-order valence-electron chi connectivity index (χ0n) is 10.9. The molecule has 0 bridgehead atoms. The Hall–Kier alpha value is -1.06. The molecule has 0 fully saturated rings. The van der Waals surface area contributed by atoms with E-state index in [0.717, 1.165) is 28.9 Å². The molecule has 1 nitrogen and oxygen atoms in total. The highest BCUT2D eigenvalue weighted by atomic mass is 79.9. The Morgan fingerprint density at radius 1 is 1.30 bits per heavy atom. The summed E-state index contributed by atoms with van der Waals surface area (Å²) in [7, 11) is 0. The summed E-state index contributed by atoms with van der Waals surface area (Å²) in [4.78, 5) is -0.136. The van der Waals surface area contributed by atoms with Gasteiger partial charge in [-0.1, -0.05) is 39.7 Å². The first-order valence-electron chi connectivity index (χ1n) is 6.41. The number of fused-ring (bicyclic) bond motifs is 1. The van der Waals surface area contributed by atoms with E-state index in [0.29, 0.717) is 17.2 Å². The fourth-order valence-electron chi connectivity index (χ4n) is 2.43. The molecular weight excluding hydrogens is 343 g/mol. The largest absolute Gasteiger partial charge is 0.493 e. The molecule has 104 valence electrons. The fraction of sp³-hybridized carbons (Fsp3) is 0.250. The molecule has 0 saturated carbocycles. The van der Waals surface area contributed by atoms with Crippen molar-refractivity contribution in [3.05, 3.63) is 63.4 Å². The monoisotopic (exact) mass is 354 g/mol. The van der Waals surface area contributed by atoms with Crippen molar-refractivity contribution in [2.24, 2.45) is 0 Å². The molecule has 0 N–H and O–H groups in total. The van der Waals surface area contributed by atoms with Crippen LogP contribution in [0.5, 0.6) is 5.75 Å². The van der Waals surface area contributed by atoms with E-state index in [1.165, 1.54) is 0 Å². The normalized spacial score (nSPS) is 14.8. The van der Waals surface area contributed by atoms with Gasteiger partial charge < -0.3 is 4.74 Å². The van der Waals surface area contributed by atoms with Crippen LogP contribution in [0.25, 0.3) is 0 Å². The summed E-state index contributed by atoms with van der Waals surface area (Å²) < 4.78 is 19.4. The van der Waals surface area contributed by atoms with Gasteiger partial charge in [-0.2, -0.15) is 0 Å². The van der Waals surface area contributed by atoms with Gasteiger partial charge in [0.25, 0.3) is 0 Å². The van der Waals surface area contributed by atoms with Crippen LogP contribution >= 0.6 is 27.5 Å². The average Bonchev–Trinajstić information content (AvgIpc) is 2.88. The van der Waals surface area contributed by atoms with E-state index < -0.39 is 0 Å². The van der Waals surface area contributed by atoms with E-state index in [-0.39, 0.29) is 10.6 Å². The highest BCUT2D eigenvalue weighted by Gasteiger charge is 2.23. The van der Waals surface area contributed by atoms with Gasteiger partial charge in [-0.3, -0.25) is 0 Å². The molecule has 1 aliphatic rings. The van der Waals surface area contributed by atoms with E-state index >= 15 is 0 Å². The molecule has 1 unspecified atom stereocenters. The van der Waals surface area contributed by atoms with Gasteiger partial charge in [0.05, 0.1) is 11.4 Å². The Balaban J connectivity index is 2.06. The number of halogens is 3. The molecule has 3 rings (SSSR count). The van der Waals surface area contributed by atoms with Crippen molar-refractivity contribution in [1.29, 1.82) is 0 Å². The van der Waals surface area contributed by atoms with E-state index in [1.54, 1.807) is 19.1 Å². The number of benzene rings is 2. The number of hydrogen-bond donors (Lipinski definition) is 0. The SMILES string of the molecule is Cc1ccc(C(Br)c2cc(Cl)cc3c2OCC3)cc1F. The van der Waals surface area contributed by atoms with Crippen molar-refractivity contribution >= 4 is 27.5 Å². The molecule has 0 aromatic heterocycles. The first kappa shape index (κ1) is 13.9. The lowest BCUT2D eigenvalue weighted by atomic mass is 10.00. The van der Waals surface area contributed by atoms with Crippen molar-refractivity contribution in [3.63, 3.8) is 0 Å². The molecule has 2 aromatic carbocycles. The summed E-state index contributed by atoms with van der Waals surface area (Å²) in [5, 5.41) is 0.682. The standard InChI is InChI=1S/C16H13BrClFO/c1-9-2-3-10(7-14(9)19)15(17)13-8-12(18)6-11-4-5-20-16(11)13/h2-3,6-8,15H,4-5H2,1H3. The molecule has 1 aliphatic heterocycles. The second-order valence-corrected chi connectivity index (χ2v) is 6.31. The van der Waals surface area contributed by atoms with E-state index in [9.17, 15) is 4.39 Å². The first-order chi connectivity index (χ1) is 9.56. The van der Waals surface area contributed by atoms with Crippen LogP contribution in [0.15, 0.2) is 30.3 Å². The van der Waals surface area contributed by atoms with Crippen molar-refractivity contribution in [3.8, 4) is 5.75 Å². The van der Waals surface area contributed by atoms with Crippen LogP contribution in [-0.4, -0.2) is 6.61 Å². The average molecular weight is 356 g/mol. The third-order valence-electron chi connectivity index (χ3n) is 3.54. The fourth-order valence-corrected chi connectivity index (χ4v) is 3.31. The maximum atomic E-state index is 13.7. The molecule has 4 heteroatoms. The number of alkyl halides is 1. The summed E-state index contributed by atoms with van der Waals surface area (Å²) in [6.07, 6.45) is 0.866.